The molecule has 156 valence electrons. The third kappa shape index (κ3) is 6.06. The quantitative estimate of drug-likeness (QED) is 0.646. The van der Waals surface area contributed by atoms with Crippen molar-refractivity contribution in [3.05, 3.63) is 36.2 Å². The lowest BCUT2D eigenvalue weighted by Crippen LogP contribution is -2.41. The summed E-state index contributed by atoms with van der Waals surface area (Å²) in [5.74, 6) is 1.33. The fraction of sp³-hybridized carbons (Fsp3) is 0.524. The number of rotatable bonds is 8. The number of anilines is 1. The van der Waals surface area contributed by atoms with E-state index >= 15 is 0 Å². The van der Waals surface area contributed by atoms with Crippen LogP contribution in [0.4, 0.5) is 5.69 Å². The van der Waals surface area contributed by atoms with Crippen LogP contribution >= 0.6 is 11.8 Å². The molecule has 0 aliphatic heterocycles. The fourth-order valence-electron chi connectivity index (χ4n) is 3.65. The summed E-state index contributed by atoms with van der Waals surface area (Å²) in [6, 6.07) is 9.61. The number of para-hydroxylation sites is 1. The first kappa shape index (κ1) is 21.4. The highest BCUT2D eigenvalue weighted by atomic mass is 32.2. The van der Waals surface area contributed by atoms with Crippen molar-refractivity contribution in [3.63, 3.8) is 0 Å². The molecule has 1 aliphatic carbocycles. The number of amides is 2. The summed E-state index contributed by atoms with van der Waals surface area (Å²) < 4.78 is 1.89. The van der Waals surface area contributed by atoms with Gasteiger partial charge in [0.05, 0.1) is 12.2 Å². The van der Waals surface area contributed by atoms with Crippen molar-refractivity contribution in [2.75, 3.05) is 11.1 Å². The SMILES string of the molecule is CCn1c(CC(=O)Nc2ccccc2)nnc1SCC(=O)N[C@H]1CCCC[C@@H]1C. The maximum absolute atomic E-state index is 12.4. The van der Waals surface area contributed by atoms with Gasteiger partial charge in [-0.05, 0) is 37.8 Å². The smallest absolute Gasteiger partial charge is 0.232 e. The predicted molar refractivity (Wildman–Crippen MR) is 115 cm³/mol. The van der Waals surface area contributed by atoms with E-state index in [9.17, 15) is 9.59 Å². The minimum Gasteiger partial charge on any atom is -0.352 e. The average molecular weight is 416 g/mol. The predicted octanol–water partition coefficient (Wildman–Crippen LogP) is 3.27. The zero-order valence-electron chi connectivity index (χ0n) is 17.1. The molecular weight excluding hydrogens is 386 g/mol. The van der Waals surface area contributed by atoms with Gasteiger partial charge in [0.25, 0.3) is 0 Å². The minimum atomic E-state index is -0.140. The van der Waals surface area contributed by atoms with Gasteiger partial charge >= 0.3 is 0 Å². The maximum Gasteiger partial charge on any atom is 0.232 e. The molecule has 1 fully saturated rings. The van der Waals surface area contributed by atoms with Crippen LogP contribution in [0.2, 0.25) is 0 Å². The largest absolute Gasteiger partial charge is 0.352 e. The molecule has 0 saturated heterocycles. The molecule has 2 amide bonds. The standard InChI is InChI=1S/C21H29N5O2S/c1-3-26-18(13-19(27)22-16-10-5-4-6-11-16)24-25-21(26)29-14-20(28)23-17-12-8-7-9-15(17)2/h4-6,10-11,15,17H,3,7-9,12-14H2,1-2H3,(H,22,27)(H,23,28)/t15-,17-/m0/s1. The number of carbonyl (C=O) groups excluding carboxylic acids is 2. The number of hydrogen-bond acceptors (Lipinski definition) is 5. The summed E-state index contributed by atoms with van der Waals surface area (Å²) in [5.41, 5.74) is 0.753. The number of nitrogens with zero attached hydrogens (tertiary/aromatic N) is 3. The lowest BCUT2D eigenvalue weighted by atomic mass is 9.86. The molecule has 1 aromatic heterocycles. The van der Waals surface area contributed by atoms with Gasteiger partial charge in [-0.2, -0.15) is 0 Å². The van der Waals surface area contributed by atoms with Crippen molar-refractivity contribution in [3.8, 4) is 0 Å². The summed E-state index contributed by atoms with van der Waals surface area (Å²) >= 11 is 1.37. The number of carbonyl (C=O) groups is 2. The summed E-state index contributed by atoms with van der Waals surface area (Å²) in [6.45, 7) is 4.83. The summed E-state index contributed by atoms with van der Waals surface area (Å²) in [5, 5.41) is 15.1. The van der Waals surface area contributed by atoms with Crippen molar-refractivity contribution < 1.29 is 9.59 Å². The Morgan fingerprint density at radius 3 is 2.62 bits per heavy atom. The van der Waals surface area contributed by atoms with Crippen molar-refractivity contribution in [1.82, 2.24) is 20.1 Å². The molecule has 1 aromatic carbocycles. The summed E-state index contributed by atoms with van der Waals surface area (Å²) in [6.07, 6.45) is 4.81. The van der Waals surface area contributed by atoms with E-state index in [2.05, 4.69) is 27.8 Å². The number of benzene rings is 1. The van der Waals surface area contributed by atoms with E-state index in [1.54, 1.807) is 0 Å². The van der Waals surface area contributed by atoms with E-state index in [-0.39, 0.29) is 24.3 Å². The van der Waals surface area contributed by atoms with Crippen LogP contribution in [0.5, 0.6) is 0 Å². The molecule has 2 N–H and O–H groups in total. The second-order valence-corrected chi connectivity index (χ2v) is 8.40. The highest BCUT2D eigenvalue weighted by Crippen LogP contribution is 2.24. The zero-order chi connectivity index (χ0) is 20.6. The van der Waals surface area contributed by atoms with E-state index in [0.717, 1.165) is 12.1 Å². The second kappa shape index (κ2) is 10.4. The Morgan fingerprint density at radius 2 is 1.90 bits per heavy atom. The van der Waals surface area contributed by atoms with Crippen LogP contribution in [0.3, 0.4) is 0 Å². The van der Waals surface area contributed by atoms with Gasteiger partial charge in [0.2, 0.25) is 11.8 Å². The van der Waals surface area contributed by atoms with Gasteiger partial charge in [-0.15, -0.1) is 10.2 Å². The van der Waals surface area contributed by atoms with E-state index in [1.165, 1.54) is 31.0 Å². The van der Waals surface area contributed by atoms with E-state index < -0.39 is 0 Å². The first-order valence-corrected chi connectivity index (χ1v) is 11.2. The normalized spacial score (nSPS) is 19.0. The van der Waals surface area contributed by atoms with Gasteiger partial charge in [0, 0.05) is 18.3 Å². The molecule has 0 radical (unpaired) electrons. The number of aromatic nitrogens is 3. The Bertz CT molecular complexity index is 824. The summed E-state index contributed by atoms with van der Waals surface area (Å²) in [7, 11) is 0. The van der Waals surface area contributed by atoms with Crippen LogP contribution < -0.4 is 10.6 Å². The van der Waals surface area contributed by atoms with E-state index in [1.807, 2.05) is 41.8 Å². The molecule has 29 heavy (non-hydrogen) atoms. The average Bonchev–Trinajstić information content (AvgIpc) is 3.10. The molecule has 0 spiro atoms. The van der Waals surface area contributed by atoms with Crippen molar-refractivity contribution in [2.45, 2.75) is 63.7 Å². The topological polar surface area (TPSA) is 88.9 Å². The lowest BCUT2D eigenvalue weighted by molar-refractivity contribution is -0.120. The van der Waals surface area contributed by atoms with Crippen LogP contribution in [0.15, 0.2) is 35.5 Å². The number of nitrogens with one attached hydrogen (secondary N) is 2. The molecule has 2 atom stereocenters. The molecule has 1 heterocycles. The molecule has 7 nitrogen and oxygen atoms in total. The molecule has 0 unspecified atom stereocenters. The molecule has 3 rings (SSSR count). The molecular formula is C21H29N5O2S. The van der Waals surface area contributed by atoms with Gasteiger partial charge in [0.15, 0.2) is 5.16 Å². The van der Waals surface area contributed by atoms with Crippen LogP contribution in [-0.2, 0) is 22.6 Å². The first-order valence-electron chi connectivity index (χ1n) is 10.3. The Hall–Kier alpha value is -2.35. The molecule has 1 aliphatic rings. The van der Waals surface area contributed by atoms with Gasteiger partial charge < -0.3 is 15.2 Å². The van der Waals surface area contributed by atoms with Gasteiger partial charge in [-0.25, -0.2) is 0 Å². The van der Waals surface area contributed by atoms with Gasteiger partial charge in [-0.3, -0.25) is 9.59 Å². The van der Waals surface area contributed by atoms with Crippen LogP contribution in [0, 0.1) is 5.92 Å². The third-order valence-corrected chi connectivity index (χ3v) is 6.24. The molecule has 2 aromatic rings. The number of hydrogen-bond donors (Lipinski definition) is 2. The van der Waals surface area contributed by atoms with Gasteiger partial charge in [0.1, 0.15) is 5.82 Å². The first-order chi connectivity index (χ1) is 14.1. The lowest BCUT2D eigenvalue weighted by Gasteiger charge is -2.29. The highest BCUT2D eigenvalue weighted by molar-refractivity contribution is 7.99. The van der Waals surface area contributed by atoms with Crippen LogP contribution in [0.1, 0.15) is 45.4 Å². The van der Waals surface area contributed by atoms with Crippen LogP contribution in [-0.4, -0.2) is 38.4 Å². The van der Waals surface area contributed by atoms with E-state index in [0.29, 0.717) is 29.2 Å². The monoisotopic (exact) mass is 415 g/mol. The molecule has 8 heteroatoms. The Kier molecular flexibility index (Phi) is 7.69. The van der Waals surface area contributed by atoms with Gasteiger partial charge in [-0.1, -0.05) is 49.7 Å². The Labute approximate surface area is 176 Å². The fourth-order valence-corrected chi connectivity index (χ4v) is 4.49. The minimum absolute atomic E-state index is 0.0303. The Balaban J connectivity index is 1.53. The van der Waals surface area contributed by atoms with Crippen molar-refractivity contribution in [2.24, 2.45) is 5.92 Å². The second-order valence-electron chi connectivity index (χ2n) is 7.46. The van der Waals surface area contributed by atoms with Crippen molar-refractivity contribution >= 4 is 29.3 Å². The van der Waals surface area contributed by atoms with E-state index in [4.69, 9.17) is 0 Å². The highest BCUT2D eigenvalue weighted by Gasteiger charge is 2.23. The maximum atomic E-state index is 12.4. The van der Waals surface area contributed by atoms with Crippen molar-refractivity contribution in [1.29, 1.82) is 0 Å². The Morgan fingerprint density at radius 1 is 1.14 bits per heavy atom. The summed E-state index contributed by atoms with van der Waals surface area (Å²) in [4.78, 5) is 24.7. The zero-order valence-corrected chi connectivity index (χ0v) is 17.9. The van der Waals surface area contributed by atoms with Crippen LogP contribution in [0.25, 0.3) is 0 Å². The molecule has 1 saturated carbocycles. The third-order valence-electron chi connectivity index (χ3n) is 5.28. The molecule has 0 bridgehead atoms. The number of thioether (sulfide) groups is 1.